The van der Waals surface area contributed by atoms with Crippen LogP contribution in [0.1, 0.15) is 10.4 Å². The van der Waals surface area contributed by atoms with Gasteiger partial charge in [0.15, 0.2) is 6.29 Å². The molecule has 0 aliphatic rings. The number of aromatic amines is 2. The van der Waals surface area contributed by atoms with E-state index < -0.39 is 0 Å². The maximum atomic E-state index is 11.0. The highest BCUT2D eigenvalue weighted by atomic mass is 35.5. The van der Waals surface area contributed by atoms with Gasteiger partial charge in [-0.05, 0) is 65.7 Å². The number of carbonyl (C=O) groups excluding carboxylic acids is 1. The topological polar surface area (TPSA) is 67.1 Å². The number of hydrogen-bond donors (Lipinski definition) is 2. The molecular weight excluding hydrogens is 519 g/mol. The van der Waals surface area contributed by atoms with E-state index in [0.29, 0.717) is 10.6 Å². The number of aromatic nitrogens is 2. The first-order valence-electron chi connectivity index (χ1n) is 11.8. The molecule has 0 saturated carbocycles. The smallest absolute Gasteiger partial charge is 0.152 e. The first-order valence-corrected chi connectivity index (χ1v) is 12.6. The highest BCUT2D eigenvalue weighted by Crippen LogP contribution is 2.34. The molecule has 0 amide bonds. The van der Waals surface area contributed by atoms with Crippen molar-refractivity contribution in [2.24, 2.45) is 0 Å². The summed E-state index contributed by atoms with van der Waals surface area (Å²) in [4.78, 5) is 17.2. The van der Waals surface area contributed by atoms with Crippen LogP contribution in [0.3, 0.4) is 0 Å². The lowest BCUT2D eigenvalue weighted by Crippen LogP contribution is -1.84. The molecule has 0 radical (unpaired) electrons. The zero-order valence-corrected chi connectivity index (χ0v) is 22.2. The summed E-state index contributed by atoms with van der Waals surface area (Å²) in [6.45, 7) is 0. The van der Waals surface area contributed by atoms with Crippen molar-refractivity contribution in [3.05, 3.63) is 107 Å². The van der Waals surface area contributed by atoms with Crippen LogP contribution in [0.2, 0.25) is 10.0 Å². The molecule has 0 spiro atoms. The molecule has 2 N–H and O–H groups in total. The molecule has 6 rings (SSSR count). The lowest BCUT2D eigenvalue weighted by Gasteiger charge is -2.07. The molecule has 0 unspecified atom stereocenters. The minimum atomic E-state index is 0.631. The van der Waals surface area contributed by atoms with Gasteiger partial charge in [-0.3, -0.25) is 4.79 Å². The van der Waals surface area contributed by atoms with Crippen LogP contribution in [-0.2, 0) is 0 Å². The van der Waals surface area contributed by atoms with Gasteiger partial charge in [0.1, 0.15) is 11.5 Å². The molecule has 0 bridgehead atoms. The van der Waals surface area contributed by atoms with E-state index in [2.05, 4.69) is 16.0 Å². The van der Waals surface area contributed by atoms with Gasteiger partial charge in [0, 0.05) is 50.9 Å². The van der Waals surface area contributed by atoms with Crippen LogP contribution in [0.25, 0.3) is 44.1 Å². The summed E-state index contributed by atoms with van der Waals surface area (Å²) in [6, 6.07) is 25.4. The van der Waals surface area contributed by atoms with Gasteiger partial charge in [0.2, 0.25) is 0 Å². The van der Waals surface area contributed by atoms with E-state index in [4.69, 9.17) is 32.7 Å². The second-order valence-corrected chi connectivity index (χ2v) is 9.41. The van der Waals surface area contributed by atoms with Crippen molar-refractivity contribution >= 4 is 51.3 Å². The Bertz CT molecular complexity index is 1720. The highest BCUT2D eigenvalue weighted by molar-refractivity contribution is 6.34. The van der Waals surface area contributed by atoms with Crippen LogP contribution in [0.5, 0.6) is 11.5 Å². The minimum absolute atomic E-state index is 0.631. The lowest BCUT2D eigenvalue weighted by atomic mass is 10.0. The molecule has 5 nitrogen and oxygen atoms in total. The molecule has 190 valence electrons. The van der Waals surface area contributed by atoms with Crippen LogP contribution >= 0.6 is 23.2 Å². The van der Waals surface area contributed by atoms with Gasteiger partial charge in [-0.15, -0.1) is 0 Å². The summed E-state index contributed by atoms with van der Waals surface area (Å²) >= 11 is 12.6. The van der Waals surface area contributed by atoms with Crippen molar-refractivity contribution in [1.82, 2.24) is 9.97 Å². The molecule has 0 fully saturated rings. The summed E-state index contributed by atoms with van der Waals surface area (Å²) < 4.78 is 10.3. The number of hydrogen-bond acceptors (Lipinski definition) is 3. The van der Waals surface area contributed by atoms with E-state index in [1.165, 1.54) is 0 Å². The fraction of sp³-hybridized carbons (Fsp3) is 0.0645. The number of rotatable bonds is 5. The second kappa shape index (κ2) is 11.1. The quantitative estimate of drug-likeness (QED) is 0.214. The Kier molecular flexibility index (Phi) is 7.40. The van der Waals surface area contributed by atoms with Crippen molar-refractivity contribution in [2.45, 2.75) is 0 Å². The van der Waals surface area contributed by atoms with Gasteiger partial charge in [-0.25, -0.2) is 0 Å². The lowest BCUT2D eigenvalue weighted by molar-refractivity contribution is 0.112. The zero-order valence-electron chi connectivity index (χ0n) is 20.7. The standard InChI is InChI=1S/C16H12ClNO2.C15H12ClNO/c1-20-12-4-2-10(3-5-12)13-6-14-11(9-19)8-18-16(14)7-15(13)17;1-18-12-4-2-10(3-5-12)13-8-11-6-7-17-15(11)9-14(13)16/h2-9,18H,1H3;2-9,17H,1H3. The highest BCUT2D eigenvalue weighted by Gasteiger charge is 2.10. The monoisotopic (exact) mass is 542 g/mol. The molecule has 0 aliphatic heterocycles. The van der Waals surface area contributed by atoms with Crippen LogP contribution in [0, 0.1) is 0 Å². The molecule has 0 atom stereocenters. The van der Waals surface area contributed by atoms with Crippen LogP contribution < -0.4 is 9.47 Å². The largest absolute Gasteiger partial charge is 0.497 e. The number of nitrogens with one attached hydrogen (secondary N) is 2. The Morgan fingerprint density at radius 1 is 0.684 bits per heavy atom. The molecular formula is C31H24Cl2N2O3. The number of carbonyl (C=O) groups is 1. The predicted molar refractivity (Wildman–Crippen MR) is 156 cm³/mol. The third-order valence-corrected chi connectivity index (χ3v) is 7.00. The number of aldehydes is 1. The molecule has 2 aromatic heterocycles. The van der Waals surface area contributed by atoms with E-state index >= 15 is 0 Å². The first-order chi connectivity index (χ1) is 18.5. The summed E-state index contributed by atoms with van der Waals surface area (Å²) in [6.07, 6.45) is 4.44. The van der Waals surface area contributed by atoms with Crippen LogP contribution in [0.4, 0.5) is 0 Å². The molecule has 2 heterocycles. The fourth-order valence-corrected chi connectivity index (χ4v) is 4.87. The number of methoxy groups -OCH3 is 2. The second-order valence-electron chi connectivity index (χ2n) is 8.59. The van der Waals surface area contributed by atoms with Gasteiger partial charge in [-0.2, -0.15) is 0 Å². The van der Waals surface area contributed by atoms with Crippen molar-refractivity contribution < 1.29 is 14.3 Å². The van der Waals surface area contributed by atoms with Crippen molar-refractivity contribution in [3.8, 4) is 33.8 Å². The molecule has 4 aromatic carbocycles. The van der Waals surface area contributed by atoms with Crippen molar-refractivity contribution in [2.75, 3.05) is 14.2 Å². The van der Waals surface area contributed by atoms with E-state index in [0.717, 1.165) is 66.9 Å². The Labute approximate surface area is 229 Å². The van der Waals surface area contributed by atoms with E-state index in [9.17, 15) is 4.79 Å². The van der Waals surface area contributed by atoms with Crippen LogP contribution in [0.15, 0.2) is 91.3 Å². The van der Waals surface area contributed by atoms with Crippen molar-refractivity contribution in [1.29, 1.82) is 0 Å². The predicted octanol–water partition coefficient (Wildman–Crippen LogP) is 8.81. The Morgan fingerprint density at radius 3 is 1.79 bits per heavy atom. The third-order valence-electron chi connectivity index (χ3n) is 6.37. The normalized spacial score (nSPS) is 10.7. The Hall–Kier alpha value is -4.19. The van der Waals surface area contributed by atoms with E-state index in [-0.39, 0.29) is 0 Å². The number of H-pyrrole nitrogens is 2. The fourth-order valence-electron chi connectivity index (χ4n) is 4.32. The average molecular weight is 543 g/mol. The Morgan fingerprint density at radius 2 is 1.24 bits per heavy atom. The maximum Gasteiger partial charge on any atom is 0.152 e. The van der Waals surface area contributed by atoms with Gasteiger partial charge < -0.3 is 19.4 Å². The third kappa shape index (κ3) is 5.12. The number of halogens is 2. The maximum absolute atomic E-state index is 11.0. The number of ether oxygens (including phenoxy) is 2. The molecule has 0 saturated heterocycles. The first kappa shape index (κ1) is 25.5. The van der Waals surface area contributed by atoms with Gasteiger partial charge in [0.25, 0.3) is 0 Å². The summed E-state index contributed by atoms with van der Waals surface area (Å²) in [5.74, 6) is 1.64. The van der Waals surface area contributed by atoms with E-state index in [1.807, 2.05) is 79.0 Å². The molecule has 7 heteroatoms. The molecule has 0 aliphatic carbocycles. The summed E-state index contributed by atoms with van der Waals surface area (Å²) in [5.41, 5.74) is 6.54. The summed E-state index contributed by atoms with van der Waals surface area (Å²) in [7, 11) is 3.29. The average Bonchev–Trinajstić information content (AvgIpc) is 3.58. The van der Waals surface area contributed by atoms with Crippen LogP contribution in [-0.4, -0.2) is 30.5 Å². The molecule has 38 heavy (non-hydrogen) atoms. The SMILES string of the molecule is COc1ccc(-c2cc3c(C=O)c[nH]c3cc2Cl)cc1.COc1ccc(-c2cc3cc[nH]c3cc2Cl)cc1. The van der Waals surface area contributed by atoms with E-state index in [1.54, 1.807) is 20.4 Å². The Balaban J connectivity index is 0.000000156. The van der Waals surface area contributed by atoms with Crippen molar-refractivity contribution in [3.63, 3.8) is 0 Å². The molecule has 6 aromatic rings. The number of benzene rings is 4. The van der Waals surface area contributed by atoms with Gasteiger partial charge >= 0.3 is 0 Å². The minimum Gasteiger partial charge on any atom is -0.497 e. The summed E-state index contributed by atoms with van der Waals surface area (Å²) in [5, 5.41) is 3.41. The zero-order chi connectivity index (χ0) is 26.6. The van der Waals surface area contributed by atoms with Gasteiger partial charge in [-0.1, -0.05) is 47.5 Å². The van der Waals surface area contributed by atoms with Gasteiger partial charge in [0.05, 0.1) is 24.3 Å². The number of fused-ring (bicyclic) bond motifs is 2.